The number of piperidine rings is 3. The Morgan fingerprint density at radius 2 is 1.83 bits per heavy atom. The number of quaternary nitrogens is 1. The van der Waals surface area contributed by atoms with Crippen molar-refractivity contribution in [2.75, 3.05) is 19.7 Å². The maximum atomic E-state index is 9.70. The second-order valence-corrected chi connectivity index (χ2v) is 3.95. The minimum absolute atomic E-state index is 0.0212. The largest absolute Gasteiger partial charge is 0.390 e. The Labute approximate surface area is 71.4 Å². The van der Waals surface area contributed by atoms with Crippen LogP contribution in [0.1, 0.15) is 12.8 Å². The molecular weight excluding hydrogens is 158 g/mol. The molecule has 3 fully saturated rings. The highest BCUT2D eigenvalue weighted by atomic mass is 16.5. The standard InChI is InChI=1S/C8H15NO3/c10-5-7-8(11,12)6-1-3-9(7)4-2-6/h6-7,10-12H,1-5H2/p+1/t7-/m0/s1. The molecule has 0 spiro atoms. The molecule has 3 heterocycles. The lowest BCUT2D eigenvalue weighted by atomic mass is 9.78. The van der Waals surface area contributed by atoms with Gasteiger partial charge in [0.1, 0.15) is 6.61 Å². The molecule has 0 aromatic rings. The van der Waals surface area contributed by atoms with E-state index in [9.17, 15) is 10.2 Å². The zero-order valence-corrected chi connectivity index (χ0v) is 7.03. The first-order chi connectivity index (χ1) is 5.66. The second-order valence-electron chi connectivity index (χ2n) is 3.95. The molecule has 0 radical (unpaired) electrons. The number of nitrogens with one attached hydrogen (secondary N) is 1. The Kier molecular flexibility index (Phi) is 1.88. The summed E-state index contributed by atoms with van der Waals surface area (Å²) < 4.78 is 0. The fraction of sp³-hybridized carbons (Fsp3) is 1.00. The molecule has 2 bridgehead atoms. The van der Waals surface area contributed by atoms with E-state index >= 15 is 0 Å². The normalized spacial score (nSPS) is 44.8. The summed E-state index contributed by atoms with van der Waals surface area (Å²) in [7, 11) is 0. The fourth-order valence-electron chi connectivity index (χ4n) is 2.61. The van der Waals surface area contributed by atoms with Crippen LogP contribution in [-0.4, -0.2) is 46.8 Å². The van der Waals surface area contributed by atoms with Crippen molar-refractivity contribution < 1.29 is 20.2 Å². The van der Waals surface area contributed by atoms with Crippen molar-refractivity contribution in [3.63, 3.8) is 0 Å². The average molecular weight is 174 g/mol. The molecule has 0 aliphatic carbocycles. The van der Waals surface area contributed by atoms with Gasteiger partial charge >= 0.3 is 0 Å². The van der Waals surface area contributed by atoms with Crippen molar-refractivity contribution in [1.29, 1.82) is 0 Å². The zero-order chi connectivity index (χ0) is 8.77. The molecule has 4 nitrogen and oxygen atoms in total. The molecule has 4 N–H and O–H groups in total. The third-order valence-electron chi connectivity index (χ3n) is 3.42. The van der Waals surface area contributed by atoms with E-state index in [-0.39, 0.29) is 18.6 Å². The predicted molar refractivity (Wildman–Crippen MR) is 41.5 cm³/mol. The number of fused-ring (bicyclic) bond motifs is 3. The zero-order valence-electron chi connectivity index (χ0n) is 7.03. The molecule has 0 unspecified atom stereocenters. The highest BCUT2D eigenvalue weighted by molar-refractivity contribution is 4.89. The van der Waals surface area contributed by atoms with E-state index in [4.69, 9.17) is 5.11 Å². The molecule has 3 rings (SSSR count). The van der Waals surface area contributed by atoms with Gasteiger partial charge in [-0.15, -0.1) is 0 Å². The topological polar surface area (TPSA) is 65.1 Å². The van der Waals surface area contributed by atoms with Gasteiger partial charge in [0.2, 0.25) is 5.79 Å². The maximum Gasteiger partial charge on any atom is 0.222 e. The smallest absolute Gasteiger partial charge is 0.222 e. The van der Waals surface area contributed by atoms with Crippen LogP contribution < -0.4 is 4.90 Å². The summed E-state index contributed by atoms with van der Waals surface area (Å²) in [5.41, 5.74) is 0. The van der Waals surface area contributed by atoms with Crippen LogP contribution in [0.15, 0.2) is 0 Å². The van der Waals surface area contributed by atoms with E-state index in [0.29, 0.717) is 0 Å². The molecule has 70 valence electrons. The van der Waals surface area contributed by atoms with Gasteiger partial charge in [-0.25, -0.2) is 0 Å². The molecule has 1 atom stereocenters. The number of aliphatic hydroxyl groups is 3. The third kappa shape index (κ3) is 0.992. The summed E-state index contributed by atoms with van der Waals surface area (Å²) in [6, 6.07) is -0.384. The van der Waals surface area contributed by atoms with Crippen molar-refractivity contribution in [2.24, 2.45) is 5.92 Å². The van der Waals surface area contributed by atoms with Gasteiger partial charge in [-0.3, -0.25) is 0 Å². The lowest BCUT2D eigenvalue weighted by Gasteiger charge is -2.49. The van der Waals surface area contributed by atoms with E-state index in [1.165, 1.54) is 0 Å². The average Bonchev–Trinajstić information content (AvgIpc) is 2.05. The van der Waals surface area contributed by atoms with Gasteiger partial charge in [0.15, 0.2) is 6.04 Å². The molecule has 12 heavy (non-hydrogen) atoms. The minimum atomic E-state index is -1.62. The van der Waals surface area contributed by atoms with E-state index in [1.807, 2.05) is 0 Å². The quantitative estimate of drug-likeness (QED) is 0.328. The van der Waals surface area contributed by atoms with Crippen molar-refractivity contribution in [3.8, 4) is 0 Å². The van der Waals surface area contributed by atoms with Gasteiger partial charge in [0.05, 0.1) is 13.1 Å². The first kappa shape index (κ1) is 8.44. The van der Waals surface area contributed by atoms with Crippen molar-refractivity contribution >= 4 is 0 Å². The lowest BCUT2D eigenvalue weighted by Crippen LogP contribution is -3.22. The monoisotopic (exact) mass is 174 g/mol. The van der Waals surface area contributed by atoms with Gasteiger partial charge in [0.25, 0.3) is 0 Å². The van der Waals surface area contributed by atoms with Gasteiger partial charge < -0.3 is 20.2 Å². The number of aliphatic hydroxyl groups excluding tert-OH is 1. The summed E-state index contributed by atoms with van der Waals surface area (Å²) in [6.45, 7) is 1.82. The second kappa shape index (κ2) is 2.67. The van der Waals surface area contributed by atoms with E-state index in [0.717, 1.165) is 30.8 Å². The van der Waals surface area contributed by atoms with Crippen LogP contribution in [0, 0.1) is 5.92 Å². The summed E-state index contributed by atoms with van der Waals surface area (Å²) in [5, 5.41) is 28.4. The number of hydrogen-bond acceptors (Lipinski definition) is 3. The van der Waals surface area contributed by atoms with Crippen LogP contribution in [0.25, 0.3) is 0 Å². The van der Waals surface area contributed by atoms with Crippen LogP contribution in [-0.2, 0) is 0 Å². The van der Waals surface area contributed by atoms with Crippen LogP contribution in [0.2, 0.25) is 0 Å². The highest BCUT2D eigenvalue weighted by Gasteiger charge is 2.55. The summed E-state index contributed by atoms with van der Waals surface area (Å²) in [5.74, 6) is -1.65. The number of rotatable bonds is 1. The fourth-order valence-corrected chi connectivity index (χ4v) is 2.61. The molecular formula is C8H16NO3+. The first-order valence-corrected chi connectivity index (χ1v) is 4.56. The summed E-state index contributed by atoms with van der Waals surface area (Å²) in [4.78, 5) is 1.14. The molecule has 3 saturated heterocycles. The Morgan fingerprint density at radius 1 is 1.25 bits per heavy atom. The van der Waals surface area contributed by atoms with Gasteiger partial charge in [-0.1, -0.05) is 0 Å². The van der Waals surface area contributed by atoms with Crippen molar-refractivity contribution in [1.82, 2.24) is 0 Å². The van der Waals surface area contributed by atoms with Crippen LogP contribution >= 0.6 is 0 Å². The molecule has 0 aromatic carbocycles. The predicted octanol–water partition coefficient (Wildman–Crippen LogP) is -2.66. The molecule has 0 amide bonds. The Balaban J connectivity index is 2.21. The molecule has 0 saturated carbocycles. The molecule has 4 heteroatoms. The Hall–Kier alpha value is -0.160. The SMILES string of the molecule is OC[C@@H]1[NH+]2CCC(CC2)C1(O)O. The van der Waals surface area contributed by atoms with Crippen LogP contribution in [0.5, 0.6) is 0 Å². The van der Waals surface area contributed by atoms with Gasteiger partial charge in [-0.05, 0) is 0 Å². The molecule has 3 aliphatic rings. The van der Waals surface area contributed by atoms with E-state index < -0.39 is 5.79 Å². The van der Waals surface area contributed by atoms with Crippen molar-refractivity contribution in [2.45, 2.75) is 24.7 Å². The van der Waals surface area contributed by atoms with E-state index in [2.05, 4.69) is 0 Å². The van der Waals surface area contributed by atoms with Crippen LogP contribution in [0.4, 0.5) is 0 Å². The molecule has 3 aliphatic heterocycles. The molecule has 0 aromatic heterocycles. The van der Waals surface area contributed by atoms with Gasteiger partial charge in [-0.2, -0.15) is 0 Å². The minimum Gasteiger partial charge on any atom is -0.390 e. The van der Waals surface area contributed by atoms with Gasteiger partial charge in [0, 0.05) is 18.8 Å². The van der Waals surface area contributed by atoms with Crippen LogP contribution in [0.3, 0.4) is 0 Å². The Morgan fingerprint density at radius 3 is 2.17 bits per heavy atom. The summed E-state index contributed by atoms with van der Waals surface area (Å²) in [6.07, 6.45) is 1.75. The highest BCUT2D eigenvalue weighted by Crippen LogP contribution is 2.29. The van der Waals surface area contributed by atoms with Crippen molar-refractivity contribution in [3.05, 3.63) is 0 Å². The summed E-state index contributed by atoms with van der Waals surface area (Å²) >= 11 is 0. The first-order valence-electron chi connectivity index (χ1n) is 4.56. The van der Waals surface area contributed by atoms with E-state index in [1.54, 1.807) is 0 Å². The Bertz CT molecular complexity index is 175. The maximum absolute atomic E-state index is 9.70. The lowest BCUT2D eigenvalue weighted by molar-refractivity contribution is -0.958. The number of hydrogen-bond donors (Lipinski definition) is 4. The third-order valence-corrected chi connectivity index (χ3v) is 3.42.